The van der Waals surface area contributed by atoms with E-state index in [9.17, 15) is 0 Å². The van der Waals surface area contributed by atoms with Crippen molar-refractivity contribution in [1.82, 2.24) is 20.4 Å². The third-order valence-electron chi connectivity index (χ3n) is 4.82. The van der Waals surface area contributed by atoms with Crippen molar-refractivity contribution < 1.29 is 4.74 Å². The van der Waals surface area contributed by atoms with Crippen LogP contribution in [0.15, 0.2) is 4.99 Å². The molecule has 6 nitrogen and oxygen atoms in total. The van der Waals surface area contributed by atoms with E-state index in [-0.39, 0.29) is 0 Å². The summed E-state index contributed by atoms with van der Waals surface area (Å²) >= 11 is 0. The fourth-order valence-corrected chi connectivity index (χ4v) is 3.21. The zero-order chi connectivity index (χ0) is 18.5. The maximum atomic E-state index is 5.79. The quantitative estimate of drug-likeness (QED) is 0.354. The molecule has 0 radical (unpaired) electrons. The minimum atomic E-state index is 0.316. The van der Waals surface area contributed by atoms with E-state index in [1.165, 1.54) is 32.6 Å². The smallest absolute Gasteiger partial charge is 0.190 e. The van der Waals surface area contributed by atoms with Gasteiger partial charge in [-0.2, -0.15) is 0 Å². The van der Waals surface area contributed by atoms with Gasteiger partial charge in [0.25, 0.3) is 0 Å². The fraction of sp³-hybridized carbons (Fsp3) is 0.947. The van der Waals surface area contributed by atoms with Gasteiger partial charge in [-0.3, -0.25) is 4.99 Å². The van der Waals surface area contributed by atoms with Gasteiger partial charge in [-0.25, -0.2) is 0 Å². The van der Waals surface area contributed by atoms with Crippen LogP contribution in [0.5, 0.6) is 0 Å². The molecule has 6 heteroatoms. The van der Waals surface area contributed by atoms with Crippen LogP contribution in [0.25, 0.3) is 0 Å². The fourth-order valence-electron chi connectivity index (χ4n) is 3.21. The molecule has 0 aromatic carbocycles. The maximum absolute atomic E-state index is 5.79. The van der Waals surface area contributed by atoms with Gasteiger partial charge in [0.2, 0.25) is 0 Å². The summed E-state index contributed by atoms with van der Waals surface area (Å²) in [7, 11) is 4.05. The van der Waals surface area contributed by atoms with Crippen LogP contribution < -0.4 is 10.6 Å². The topological polar surface area (TPSA) is 52.1 Å². The predicted octanol–water partition coefficient (Wildman–Crippen LogP) is 1.63. The van der Waals surface area contributed by atoms with E-state index in [2.05, 4.69) is 53.2 Å². The van der Waals surface area contributed by atoms with Crippen molar-refractivity contribution in [3.8, 4) is 0 Å². The highest BCUT2D eigenvalue weighted by molar-refractivity contribution is 5.79. The number of ether oxygens (including phenoxy) is 1. The molecule has 0 amide bonds. The average molecular weight is 356 g/mol. The minimum Gasteiger partial charge on any atom is -0.378 e. The summed E-state index contributed by atoms with van der Waals surface area (Å²) in [6.45, 7) is 15.1. The molecule has 1 rings (SSSR count). The SMILES string of the molecule is CCOC(CCNC(=NC)NCCCN1CCCN(C)CC1)C(C)C. The lowest BCUT2D eigenvalue weighted by Gasteiger charge is -2.22. The highest BCUT2D eigenvalue weighted by Gasteiger charge is 2.13. The number of hydrogen-bond acceptors (Lipinski definition) is 4. The maximum Gasteiger partial charge on any atom is 0.190 e. The molecule has 148 valence electrons. The van der Waals surface area contributed by atoms with Crippen molar-refractivity contribution in [2.45, 2.75) is 46.1 Å². The van der Waals surface area contributed by atoms with Crippen molar-refractivity contribution in [3.05, 3.63) is 0 Å². The van der Waals surface area contributed by atoms with Crippen LogP contribution in [0.4, 0.5) is 0 Å². The zero-order valence-electron chi connectivity index (χ0n) is 17.2. The molecule has 0 aromatic heterocycles. The van der Waals surface area contributed by atoms with Crippen LogP contribution in [-0.2, 0) is 4.74 Å². The summed E-state index contributed by atoms with van der Waals surface area (Å²) in [5.41, 5.74) is 0. The standard InChI is InChI=1S/C19H41N5O/c1-6-25-18(17(2)3)9-11-22-19(20-4)21-10-7-13-24-14-8-12-23(5)15-16-24/h17-18H,6-16H2,1-5H3,(H2,20,21,22). The van der Waals surface area contributed by atoms with Gasteiger partial charge < -0.3 is 25.2 Å². The molecule has 1 fully saturated rings. The highest BCUT2D eigenvalue weighted by atomic mass is 16.5. The van der Waals surface area contributed by atoms with E-state index < -0.39 is 0 Å². The largest absolute Gasteiger partial charge is 0.378 e. The molecule has 25 heavy (non-hydrogen) atoms. The lowest BCUT2D eigenvalue weighted by molar-refractivity contribution is 0.0258. The van der Waals surface area contributed by atoms with Crippen LogP contribution in [0.2, 0.25) is 0 Å². The Kier molecular flexibility index (Phi) is 11.9. The van der Waals surface area contributed by atoms with Crippen molar-refractivity contribution in [2.24, 2.45) is 10.9 Å². The van der Waals surface area contributed by atoms with Gasteiger partial charge in [-0.15, -0.1) is 0 Å². The van der Waals surface area contributed by atoms with Crippen LogP contribution >= 0.6 is 0 Å². The molecule has 0 bridgehead atoms. The molecular formula is C19H41N5O. The summed E-state index contributed by atoms with van der Waals surface area (Å²) in [5, 5.41) is 6.84. The van der Waals surface area contributed by atoms with E-state index in [1.54, 1.807) is 0 Å². The van der Waals surface area contributed by atoms with Gasteiger partial charge in [0.1, 0.15) is 0 Å². The molecule has 0 saturated carbocycles. The van der Waals surface area contributed by atoms with E-state index in [1.807, 2.05) is 7.05 Å². The number of nitrogens with one attached hydrogen (secondary N) is 2. The predicted molar refractivity (Wildman–Crippen MR) is 107 cm³/mol. The van der Waals surface area contributed by atoms with Crippen molar-refractivity contribution >= 4 is 5.96 Å². The molecule has 1 aliphatic rings. The van der Waals surface area contributed by atoms with Crippen molar-refractivity contribution in [3.63, 3.8) is 0 Å². The lowest BCUT2D eigenvalue weighted by atomic mass is 10.0. The minimum absolute atomic E-state index is 0.316. The number of aliphatic imine (C=N–C) groups is 1. The molecule has 0 aromatic rings. The summed E-state index contributed by atoms with van der Waals surface area (Å²) in [6, 6.07) is 0. The van der Waals surface area contributed by atoms with E-state index >= 15 is 0 Å². The van der Waals surface area contributed by atoms with Gasteiger partial charge in [0, 0.05) is 39.8 Å². The second kappa shape index (κ2) is 13.4. The number of hydrogen-bond donors (Lipinski definition) is 2. The Morgan fingerprint density at radius 1 is 1.12 bits per heavy atom. The number of guanidine groups is 1. The Bertz CT molecular complexity index is 362. The Hall–Kier alpha value is -0.850. The average Bonchev–Trinajstić information content (AvgIpc) is 2.80. The van der Waals surface area contributed by atoms with Crippen LogP contribution in [0.1, 0.15) is 40.0 Å². The van der Waals surface area contributed by atoms with Crippen LogP contribution in [0, 0.1) is 5.92 Å². The van der Waals surface area contributed by atoms with E-state index in [0.717, 1.165) is 45.0 Å². The first kappa shape index (κ1) is 22.2. The summed E-state index contributed by atoms with van der Waals surface area (Å²) in [6.07, 6.45) is 3.76. The molecular weight excluding hydrogens is 314 g/mol. The number of likely N-dealkylation sites (N-methyl/N-ethyl adjacent to an activating group) is 1. The zero-order valence-corrected chi connectivity index (χ0v) is 17.2. The van der Waals surface area contributed by atoms with Gasteiger partial charge in [0.15, 0.2) is 5.96 Å². The van der Waals surface area contributed by atoms with Crippen LogP contribution in [-0.4, -0.2) is 88.4 Å². The number of rotatable bonds is 10. The summed E-state index contributed by atoms with van der Waals surface area (Å²) in [5.74, 6) is 1.44. The Labute approximate surface area is 155 Å². The van der Waals surface area contributed by atoms with E-state index in [0.29, 0.717) is 12.0 Å². The lowest BCUT2D eigenvalue weighted by Crippen LogP contribution is -2.40. The second-order valence-electron chi connectivity index (χ2n) is 7.30. The molecule has 0 aliphatic carbocycles. The first-order valence-corrected chi connectivity index (χ1v) is 10.0. The Morgan fingerprint density at radius 3 is 2.56 bits per heavy atom. The van der Waals surface area contributed by atoms with Gasteiger partial charge in [-0.05, 0) is 58.8 Å². The molecule has 0 spiro atoms. The first-order chi connectivity index (χ1) is 12.1. The second-order valence-corrected chi connectivity index (χ2v) is 7.30. The highest BCUT2D eigenvalue weighted by Crippen LogP contribution is 2.09. The summed E-state index contributed by atoms with van der Waals surface area (Å²) in [4.78, 5) is 9.33. The third-order valence-corrected chi connectivity index (χ3v) is 4.82. The molecule has 1 aliphatic heterocycles. The molecule has 1 atom stereocenters. The van der Waals surface area contributed by atoms with E-state index in [4.69, 9.17) is 4.74 Å². The Morgan fingerprint density at radius 2 is 1.88 bits per heavy atom. The van der Waals surface area contributed by atoms with Crippen LogP contribution in [0.3, 0.4) is 0 Å². The van der Waals surface area contributed by atoms with Gasteiger partial charge >= 0.3 is 0 Å². The number of nitrogens with zero attached hydrogens (tertiary/aromatic N) is 3. The summed E-state index contributed by atoms with van der Waals surface area (Å²) < 4.78 is 5.79. The van der Waals surface area contributed by atoms with Crippen molar-refractivity contribution in [2.75, 3.05) is 66.5 Å². The molecule has 1 saturated heterocycles. The molecule has 1 heterocycles. The third kappa shape index (κ3) is 10.0. The van der Waals surface area contributed by atoms with Crippen molar-refractivity contribution in [1.29, 1.82) is 0 Å². The monoisotopic (exact) mass is 355 g/mol. The molecule has 2 N–H and O–H groups in total. The normalized spacial score (nSPS) is 19.0. The Balaban J connectivity index is 2.15. The van der Waals surface area contributed by atoms with Gasteiger partial charge in [-0.1, -0.05) is 13.8 Å². The first-order valence-electron chi connectivity index (χ1n) is 10.0. The molecule has 1 unspecified atom stereocenters. The van der Waals surface area contributed by atoms with Gasteiger partial charge in [0.05, 0.1) is 6.10 Å².